The van der Waals surface area contributed by atoms with Gasteiger partial charge in [-0.25, -0.2) is 13.1 Å². The third-order valence-electron chi connectivity index (χ3n) is 2.86. The largest absolute Gasteiger partial charge is 0.303 e. The number of aldehydes is 2. The normalized spacial score (nSPS) is 13.0. The Labute approximate surface area is 116 Å². The van der Waals surface area contributed by atoms with Crippen LogP contribution in [0.5, 0.6) is 0 Å². The maximum absolute atomic E-state index is 12.3. The molecule has 6 heteroatoms. The van der Waals surface area contributed by atoms with Crippen molar-refractivity contribution in [2.45, 2.75) is 17.4 Å². The SMILES string of the molecule is O=CC[C@@H](C=O)NS(=O)(=O)c1cccc2ccccc12. The number of sulfonamides is 1. The van der Waals surface area contributed by atoms with Crippen molar-refractivity contribution in [3.63, 3.8) is 0 Å². The van der Waals surface area contributed by atoms with E-state index < -0.39 is 16.1 Å². The van der Waals surface area contributed by atoms with Crippen LogP contribution in [0.15, 0.2) is 47.4 Å². The van der Waals surface area contributed by atoms with Gasteiger partial charge in [0.25, 0.3) is 0 Å². The molecular weight excluding hydrogens is 278 g/mol. The fourth-order valence-electron chi connectivity index (χ4n) is 1.93. The number of carbonyl (C=O) groups is 2. The molecule has 0 saturated heterocycles. The van der Waals surface area contributed by atoms with E-state index in [1.54, 1.807) is 30.3 Å². The predicted octanol–water partition coefficient (Wildman–Crippen LogP) is 1.27. The van der Waals surface area contributed by atoms with Gasteiger partial charge in [0.2, 0.25) is 10.0 Å². The van der Waals surface area contributed by atoms with Crippen molar-refractivity contribution in [1.29, 1.82) is 0 Å². The van der Waals surface area contributed by atoms with Gasteiger partial charge < -0.3 is 9.59 Å². The molecule has 0 aliphatic carbocycles. The highest BCUT2D eigenvalue weighted by Crippen LogP contribution is 2.22. The van der Waals surface area contributed by atoms with Gasteiger partial charge in [0.05, 0.1) is 10.9 Å². The molecule has 0 amide bonds. The molecule has 0 spiro atoms. The first kappa shape index (κ1) is 14.4. The van der Waals surface area contributed by atoms with Crippen LogP contribution in [0.25, 0.3) is 10.8 Å². The van der Waals surface area contributed by atoms with Gasteiger partial charge in [-0.1, -0.05) is 36.4 Å². The maximum atomic E-state index is 12.3. The molecule has 0 saturated carbocycles. The van der Waals surface area contributed by atoms with Crippen LogP contribution in [0, 0.1) is 0 Å². The van der Waals surface area contributed by atoms with E-state index in [1.807, 2.05) is 6.07 Å². The van der Waals surface area contributed by atoms with E-state index in [4.69, 9.17) is 0 Å². The predicted molar refractivity (Wildman–Crippen MR) is 74.8 cm³/mol. The lowest BCUT2D eigenvalue weighted by atomic mass is 10.1. The van der Waals surface area contributed by atoms with Crippen LogP contribution in [0.4, 0.5) is 0 Å². The second-order valence-corrected chi connectivity index (χ2v) is 5.93. The molecule has 2 aromatic rings. The Morgan fingerprint density at radius 1 is 1.05 bits per heavy atom. The molecule has 0 radical (unpaired) electrons. The highest BCUT2D eigenvalue weighted by atomic mass is 32.2. The topological polar surface area (TPSA) is 80.3 Å². The van der Waals surface area contributed by atoms with E-state index in [2.05, 4.69) is 4.72 Å². The van der Waals surface area contributed by atoms with Crippen LogP contribution < -0.4 is 4.72 Å². The molecule has 2 rings (SSSR count). The van der Waals surface area contributed by atoms with Crippen molar-refractivity contribution in [3.8, 4) is 0 Å². The second kappa shape index (κ2) is 5.94. The van der Waals surface area contributed by atoms with E-state index in [1.165, 1.54) is 6.07 Å². The van der Waals surface area contributed by atoms with Crippen molar-refractivity contribution in [1.82, 2.24) is 4.72 Å². The molecule has 0 fully saturated rings. The van der Waals surface area contributed by atoms with E-state index >= 15 is 0 Å². The molecule has 0 heterocycles. The summed E-state index contributed by atoms with van der Waals surface area (Å²) in [5.41, 5.74) is 0. The zero-order valence-corrected chi connectivity index (χ0v) is 11.3. The van der Waals surface area contributed by atoms with Crippen molar-refractivity contribution in [2.75, 3.05) is 0 Å². The average molecular weight is 291 g/mol. The molecule has 20 heavy (non-hydrogen) atoms. The minimum absolute atomic E-state index is 0.0911. The molecule has 0 unspecified atom stereocenters. The molecule has 104 valence electrons. The number of fused-ring (bicyclic) bond motifs is 1. The molecule has 2 aromatic carbocycles. The van der Waals surface area contributed by atoms with Crippen molar-refractivity contribution in [3.05, 3.63) is 42.5 Å². The average Bonchev–Trinajstić information content (AvgIpc) is 2.46. The fraction of sp³-hybridized carbons (Fsp3) is 0.143. The zero-order valence-electron chi connectivity index (χ0n) is 10.5. The first-order valence-electron chi connectivity index (χ1n) is 5.97. The molecule has 1 atom stereocenters. The minimum Gasteiger partial charge on any atom is -0.303 e. The van der Waals surface area contributed by atoms with E-state index in [9.17, 15) is 18.0 Å². The Morgan fingerprint density at radius 2 is 1.75 bits per heavy atom. The van der Waals surface area contributed by atoms with Gasteiger partial charge in [-0.15, -0.1) is 0 Å². The van der Waals surface area contributed by atoms with Crippen molar-refractivity contribution < 1.29 is 18.0 Å². The monoisotopic (exact) mass is 291 g/mol. The number of hydrogen-bond donors (Lipinski definition) is 1. The lowest BCUT2D eigenvalue weighted by Crippen LogP contribution is -2.36. The zero-order chi connectivity index (χ0) is 14.6. The first-order chi connectivity index (χ1) is 9.58. The molecule has 0 aromatic heterocycles. The number of nitrogens with one attached hydrogen (secondary N) is 1. The highest BCUT2D eigenvalue weighted by Gasteiger charge is 2.21. The Morgan fingerprint density at radius 3 is 2.45 bits per heavy atom. The van der Waals surface area contributed by atoms with Gasteiger partial charge >= 0.3 is 0 Å². The summed E-state index contributed by atoms with van der Waals surface area (Å²) in [5, 5.41) is 1.35. The number of hydrogen-bond acceptors (Lipinski definition) is 4. The highest BCUT2D eigenvalue weighted by molar-refractivity contribution is 7.89. The second-order valence-electron chi connectivity index (χ2n) is 4.24. The van der Waals surface area contributed by atoms with Crippen LogP contribution in [0.3, 0.4) is 0 Å². The van der Waals surface area contributed by atoms with E-state index in [0.717, 1.165) is 5.39 Å². The molecule has 0 aliphatic rings. The summed E-state index contributed by atoms with van der Waals surface area (Å²) >= 11 is 0. The standard InChI is InChI=1S/C14H13NO4S/c16-9-8-12(10-17)15-20(18,19)14-7-3-5-11-4-1-2-6-13(11)14/h1-7,9-10,12,15H,8H2/t12-/m0/s1. The van der Waals surface area contributed by atoms with Gasteiger partial charge in [0.1, 0.15) is 12.6 Å². The van der Waals surface area contributed by atoms with Gasteiger partial charge in [0.15, 0.2) is 0 Å². The molecular formula is C14H13NO4S. The summed E-state index contributed by atoms with van der Waals surface area (Å²) in [4.78, 5) is 21.3. The van der Waals surface area contributed by atoms with E-state index in [-0.39, 0.29) is 11.3 Å². The van der Waals surface area contributed by atoms with Crippen LogP contribution in [-0.2, 0) is 19.6 Å². The first-order valence-corrected chi connectivity index (χ1v) is 7.46. The summed E-state index contributed by atoms with van der Waals surface area (Å²) in [5.74, 6) is 0. The van der Waals surface area contributed by atoms with Crippen LogP contribution >= 0.6 is 0 Å². The number of benzene rings is 2. The van der Waals surface area contributed by atoms with Gasteiger partial charge in [-0.05, 0) is 11.5 Å². The van der Waals surface area contributed by atoms with Crippen LogP contribution in [0.1, 0.15) is 6.42 Å². The quantitative estimate of drug-likeness (QED) is 0.813. The Balaban J connectivity index is 2.46. The van der Waals surface area contributed by atoms with Crippen molar-refractivity contribution >= 4 is 33.4 Å². The van der Waals surface area contributed by atoms with Crippen molar-refractivity contribution in [2.24, 2.45) is 0 Å². The van der Waals surface area contributed by atoms with Gasteiger partial charge in [0, 0.05) is 11.8 Å². The lowest BCUT2D eigenvalue weighted by molar-refractivity contribution is -0.113. The summed E-state index contributed by atoms with van der Waals surface area (Å²) in [6.45, 7) is 0. The fourth-order valence-corrected chi connectivity index (χ4v) is 3.34. The summed E-state index contributed by atoms with van der Waals surface area (Å²) in [6, 6.07) is 10.9. The Bertz CT molecular complexity index is 734. The molecule has 0 aliphatic heterocycles. The third-order valence-corrected chi connectivity index (χ3v) is 4.41. The minimum atomic E-state index is -3.86. The Kier molecular flexibility index (Phi) is 4.26. The summed E-state index contributed by atoms with van der Waals surface area (Å²) in [6.07, 6.45) is 0.731. The lowest BCUT2D eigenvalue weighted by Gasteiger charge is -2.12. The maximum Gasteiger partial charge on any atom is 0.241 e. The summed E-state index contributed by atoms with van der Waals surface area (Å²) in [7, 11) is -3.86. The van der Waals surface area contributed by atoms with Crippen LogP contribution in [-0.4, -0.2) is 27.0 Å². The van der Waals surface area contributed by atoms with E-state index in [0.29, 0.717) is 18.0 Å². The van der Waals surface area contributed by atoms with Gasteiger partial charge in [-0.2, -0.15) is 0 Å². The third kappa shape index (κ3) is 2.92. The smallest absolute Gasteiger partial charge is 0.241 e. The van der Waals surface area contributed by atoms with Gasteiger partial charge in [-0.3, -0.25) is 0 Å². The molecule has 1 N–H and O–H groups in total. The number of rotatable bonds is 6. The number of carbonyl (C=O) groups excluding carboxylic acids is 2. The molecule has 0 bridgehead atoms. The Hall–Kier alpha value is -2.05. The van der Waals surface area contributed by atoms with Crippen LogP contribution in [0.2, 0.25) is 0 Å². The summed E-state index contributed by atoms with van der Waals surface area (Å²) < 4.78 is 26.8. The molecule has 5 nitrogen and oxygen atoms in total.